The van der Waals surface area contributed by atoms with Crippen LogP contribution >= 0.6 is 0 Å². The lowest BCUT2D eigenvalue weighted by Gasteiger charge is -2.13. The van der Waals surface area contributed by atoms with Gasteiger partial charge in [0.25, 0.3) is 0 Å². The molecule has 286 valence electrons. The van der Waals surface area contributed by atoms with Crippen LogP contribution in [0, 0.1) is 24.5 Å². The highest BCUT2D eigenvalue weighted by Gasteiger charge is 2.19. The van der Waals surface area contributed by atoms with Crippen molar-refractivity contribution in [1.29, 1.82) is 5.26 Å². The van der Waals surface area contributed by atoms with E-state index in [1.54, 1.807) is 18.2 Å². The number of benzene rings is 8. The number of para-hydroxylation sites is 5. The van der Waals surface area contributed by atoms with E-state index in [1.807, 2.05) is 54.6 Å². The molecule has 0 fully saturated rings. The SMILES string of the molecule is [C-]#[N+]c1ccccc1-c1cc(-c2ccc(-c3ccc(-n4c5ccccc5c5cc(-n6c7ccccc7c7ccccc76)ccc54)cc3)cc2C#N)nc(-c2ccccc2[N+]#[C-])n1. The highest BCUT2D eigenvalue weighted by molar-refractivity contribution is 6.12. The van der Waals surface area contributed by atoms with Crippen LogP contribution in [-0.4, -0.2) is 19.1 Å². The molecule has 7 heteroatoms. The summed E-state index contributed by atoms with van der Waals surface area (Å²) in [5, 5.41) is 15.4. The maximum absolute atomic E-state index is 10.6. The molecule has 0 saturated heterocycles. The highest BCUT2D eigenvalue weighted by atomic mass is 15.0. The minimum absolute atomic E-state index is 0.348. The van der Waals surface area contributed by atoms with Crippen LogP contribution in [0.3, 0.4) is 0 Å². The standard InChI is InChI=1S/C55H31N7/c1-57-47-18-8-3-16-44(47)50-33-49(59-55(60-50)45-17-4-9-19-48(45)58-2)40-29-25-36(31-37(40)34-56)35-23-26-38(27-24-35)61-53-22-12-7-15-43(53)46-32-39(28-30-54(46)61)62-51-20-10-5-13-41(51)42-14-6-11-21-52(42)62/h3-33H. The number of rotatable bonds is 6. The largest absolute Gasteiger partial charge is 0.309 e. The second kappa shape index (κ2) is 14.6. The number of nitriles is 1. The predicted molar refractivity (Wildman–Crippen MR) is 250 cm³/mol. The Balaban J connectivity index is 0.987. The lowest BCUT2D eigenvalue weighted by Crippen LogP contribution is -1.98. The van der Waals surface area contributed by atoms with Crippen molar-refractivity contribution < 1.29 is 0 Å². The van der Waals surface area contributed by atoms with Gasteiger partial charge in [0, 0.05) is 49.6 Å². The van der Waals surface area contributed by atoms with Crippen LogP contribution in [0.1, 0.15) is 5.56 Å². The average molecular weight is 790 g/mol. The molecule has 0 N–H and O–H groups in total. The molecule has 7 nitrogen and oxygen atoms in total. The number of fused-ring (bicyclic) bond motifs is 6. The second-order valence-electron chi connectivity index (χ2n) is 15.1. The quantitative estimate of drug-likeness (QED) is 0.158. The first kappa shape index (κ1) is 36.0. The summed E-state index contributed by atoms with van der Waals surface area (Å²) in [5.74, 6) is 0.348. The van der Waals surface area contributed by atoms with Crippen LogP contribution < -0.4 is 0 Å². The summed E-state index contributed by atoms with van der Waals surface area (Å²) in [6, 6.07) is 65.5. The van der Waals surface area contributed by atoms with Gasteiger partial charge in [0.05, 0.1) is 58.2 Å². The summed E-state index contributed by atoms with van der Waals surface area (Å²) < 4.78 is 4.68. The fourth-order valence-electron chi connectivity index (χ4n) is 8.81. The van der Waals surface area contributed by atoms with Gasteiger partial charge in [-0.25, -0.2) is 19.7 Å². The molecule has 11 rings (SSSR count). The Labute approximate surface area is 356 Å². The van der Waals surface area contributed by atoms with Gasteiger partial charge in [-0.3, -0.25) is 0 Å². The summed E-state index contributed by atoms with van der Waals surface area (Å²) in [6.07, 6.45) is 0. The van der Waals surface area contributed by atoms with Crippen LogP contribution in [-0.2, 0) is 0 Å². The molecule has 8 aromatic carbocycles. The van der Waals surface area contributed by atoms with Gasteiger partial charge in [-0.2, -0.15) is 5.26 Å². The Bertz CT molecular complexity index is 3610. The first-order valence-corrected chi connectivity index (χ1v) is 20.1. The maximum Gasteiger partial charge on any atom is 0.198 e. The van der Waals surface area contributed by atoms with E-state index in [2.05, 4.69) is 140 Å². The molecule has 62 heavy (non-hydrogen) atoms. The zero-order valence-corrected chi connectivity index (χ0v) is 33.0. The minimum Gasteiger partial charge on any atom is -0.309 e. The minimum atomic E-state index is 0.348. The van der Waals surface area contributed by atoms with Gasteiger partial charge in [-0.1, -0.05) is 127 Å². The summed E-state index contributed by atoms with van der Waals surface area (Å²) in [7, 11) is 0. The molecule has 11 aromatic rings. The molecule has 0 aliphatic rings. The zero-order valence-electron chi connectivity index (χ0n) is 33.0. The molecule has 0 spiro atoms. The van der Waals surface area contributed by atoms with Crippen LogP contribution in [0.15, 0.2) is 188 Å². The van der Waals surface area contributed by atoms with Crippen molar-refractivity contribution in [3.63, 3.8) is 0 Å². The van der Waals surface area contributed by atoms with E-state index in [9.17, 15) is 5.26 Å². The Morgan fingerprint density at radius 3 is 1.53 bits per heavy atom. The van der Waals surface area contributed by atoms with Crippen molar-refractivity contribution in [2.24, 2.45) is 0 Å². The van der Waals surface area contributed by atoms with E-state index in [0.717, 1.165) is 33.5 Å². The third kappa shape index (κ3) is 5.80. The molecular weight excluding hydrogens is 759 g/mol. The first-order valence-electron chi connectivity index (χ1n) is 20.1. The smallest absolute Gasteiger partial charge is 0.198 e. The molecule has 3 aromatic heterocycles. The summed E-state index contributed by atoms with van der Waals surface area (Å²) in [6.45, 7) is 15.6. The van der Waals surface area contributed by atoms with E-state index in [0.29, 0.717) is 50.8 Å². The molecule has 0 unspecified atom stereocenters. The van der Waals surface area contributed by atoms with E-state index in [-0.39, 0.29) is 0 Å². The van der Waals surface area contributed by atoms with Crippen molar-refractivity contribution in [2.75, 3.05) is 0 Å². The molecule has 0 aliphatic heterocycles. The molecule has 0 radical (unpaired) electrons. The lowest BCUT2D eigenvalue weighted by atomic mass is 9.96. The molecular formula is C55H31N7. The van der Waals surface area contributed by atoms with Crippen LogP contribution in [0.25, 0.3) is 110 Å². The van der Waals surface area contributed by atoms with E-state index in [4.69, 9.17) is 23.1 Å². The van der Waals surface area contributed by atoms with Crippen molar-refractivity contribution in [1.82, 2.24) is 19.1 Å². The third-order valence-electron chi connectivity index (χ3n) is 11.7. The van der Waals surface area contributed by atoms with Gasteiger partial charge < -0.3 is 9.13 Å². The van der Waals surface area contributed by atoms with Gasteiger partial charge in [0.1, 0.15) is 5.82 Å². The molecule has 0 amide bonds. The van der Waals surface area contributed by atoms with E-state index >= 15 is 0 Å². The Kier molecular flexibility index (Phi) is 8.50. The van der Waals surface area contributed by atoms with Crippen molar-refractivity contribution in [3.05, 3.63) is 216 Å². The Morgan fingerprint density at radius 2 is 0.903 bits per heavy atom. The monoisotopic (exact) mass is 789 g/mol. The zero-order chi connectivity index (χ0) is 41.7. The summed E-state index contributed by atoms with van der Waals surface area (Å²) in [5.41, 5.74) is 12.8. The predicted octanol–water partition coefficient (Wildman–Crippen LogP) is 14.3. The molecule has 3 heterocycles. The average Bonchev–Trinajstić information content (AvgIpc) is 3.86. The fourth-order valence-corrected chi connectivity index (χ4v) is 8.81. The first-order chi connectivity index (χ1) is 30.6. The van der Waals surface area contributed by atoms with Crippen molar-refractivity contribution in [3.8, 4) is 62.5 Å². The van der Waals surface area contributed by atoms with E-state index < -0.39 is 0 Å². The normalized spacial score (nSPS) is 11.2. The van der Waals surface area contributed by atoms with Gasteiger partial charge in [0.15, 0.2) is 11.4 Å². The van der Waals surface area contributed by atoms with Gasteiger partial charge in [-0.05, 0) is 71.8 Å². The van der Waals surface area contributed by atoms with Gasteiger partial charge >= 0.3 is 0 Å². The van der Waals surface area contributed by atoms with E-state index in [1.165, 1.54) is 32.6 Å². The van der Waals surface area contributed by atoms with Gasteiger partial charge in [-0.15, -0.1) is 0 Å². The maximum atomic E-state index is 10.6. The van der Waals surface area contributed by atoms with Crippen molar-refractivity contribution in [2.45, 2.75) is 0 Å². The molecule has 0 bridgehead atoms. The summed E-state index contributed by atoms with van der Waals surface area (Å²) in [4.78, 5) is 17.2. The Morgan fingerprint density at radius 1 is 0.419 bits per heavy atom. The number of aromatic nitrogens is 4. The van der Waals surface area contributed by atoms with Crippen molar-refractivity contribution >= 4 is 55.0 Å². The topological polar surface area (TPSA) is 68.2 Å². The highest BCUT2D eigenvalue weighted by Crippen LogP contribution is 2.39. The molecule has 0 atom stereocenters. The number of hydrogen-bond donors (Lipinski definition) is 0. The van der Waals surface area contributed by atoms with Crippen LogP contribution in [0.5, 0.6) is 0 Å². The second-order valence-corrected chi connectivity index (χ2v) is 15.1. The molecule has 0 aliphatic carbocycles. The Hall–Kier alpha value is -9.09. The van der Waals surface area contributed by atoms with Crippen LogP contribution in [0.4, 0.5) is 11.4 Å². The van der Waals surface area contributed by atoms with Gasteiger partial charge in [0.2, 0.25) is 0 Å². The third-order valence-corrected chi connectivity index (χ3v) is 11.7. The number of nitrogens with zero attached hydrogens (tertiary/aromatic N) is 7. The van der Waals surface area contributed by atoms with Crippen LogP contribution in [0.2, 0.25) is 0 Å². The number of hydrogen-bond acceptors (Lipinski definition) is 3. The molecule has 0 saturated carbocycles. The fraction of sp³-hybridized carbons (Fsp3) is 0. The lowest BCUT2D eigenvalue weighted by molar-refractivity contribution is 1.17. The summed E-state index contributed by atoms with van der Waals surface area (Å²) >= 11 is 0.